The van der Waals surface area contributed by atoms with Crippen molar-refractivity contribution in [3.8, 4) is 0 Å². The minimum atomic E-state index is -0.887. The second-order valence-electron chi connectivity index (χ2n) is 6.20. The molecule has 1 N–H and O–H groups in total. The molecule has 1 fully saturated rings. The van der Waals surface area contributed by atoms with Gasteiger partial charge in [-0.3, -0.25) is 9.69 Å². The maximum Gasteiger partial charge on any atom is 0.323 e. The monoisotopic (exact) mass is 292 g/mol. The Morgan fingerprint density at radius 2 is 2.00 bits per heavy atom. The first-order valence-electron chi connectivity index (χ1n) is 7.43. The highest BCUT2D eigenvalue weighted by molar-refractivity contribution is 5.72. The molecule has 0 aromatic carbocycles. The van der Waals surface area contributed by atoms with E-state index < -0.39 is 5.97 Å². The number of carboxylic acid groups (broad SMARTS) is 1. The van der Waals surface area contributed by atoms with Crippen molar-refractivity contribution in [1.29, 1.82) is 0 Å². The Hall–Kier alpha value is -1.69. The Morgan fingerprint density at radius 1 is 1.38 bits per heavy atom. The zero-order chi connectivity index (χ0) is 15.4. The minimum absolute atomic E-state index is 0.0963. The fraction of sp³-hybridized carbons (Fsp3) is 0.667. The quantitative estimate of drug-likeness (QED) is 0.785. The molecular weight excluding hydrogens is 268 g/mol. The highest BCUT2D eigenvalue weighted by Crippen LogP contribution is 2.28. The third-order valence-corrected chi connectivity index (χ3v) is 3.45. The van der Waals surface area contributed by atoms with E-state index in [4.69, 9.17) is 5.11 Å². The van der Waals surface area contributed by atoms with Gasteiger partial charge >= 0.3 is 5.97 Å². The van der Waals surface area contributed by atoms with Gasteiger partial charge in [-0.1, -0.05) is 13.8 Å². The lowest BCUT2D eigenvalue weighted by molar-refractivity contribution is -0.135. The summed E-state index contributed by atoms with van der Waals surface area (Å²) in [5.74, 6) is 0.206. The van der Waals surface area contributed by atoms with Crippen LogP contribution in [-0.2, 0) is 11.3 Å². The van der Waals surface area contributed by atoms with Crippen LogP contribution in [0.4, 0.5) is 5.95 Å². The largest absolute Gasteiger partial charge is 0.480 e. The van der Waals surface area contributed by atoms with Crippen LogP contribution in [0.1, 0.15) is 32.3 Å². The number of nitrogens with zero attached hydrogens (tertiary/aromatic N) is 4. The van der Waals surface area contributed by atoms with Crippen molar-refractivity contribution in [2.45, 2.75) is 39.3 Å². The van der Waals surface area contributed by atoms with Crippen LogP contribution in [-0.4, -0.2) is 52.1 Å². The van der Waals surface area contributed by atoms with E-state index in [0.29, 0.717) is 17.9 Å². The number of carboxylic acids is 1. The van der Waals surface area contributed by atoms with Crippen LogP contribution in [0.25, 0.3) is 0 Å². The molecule has 1 aromatic heterocycles. The molecular formula is C15H24N4O2. The van der Waals surface area contributed by atoms with Crippen molar-refractivity contribution in [2.24, 2.45) is 5.92 Å². The number of aromatic nitrogens is 2. The maximum atomic E-state index is 10.7. The molecule has 0 aliphatic heterocycles. The molecule has 1 aliphatic rings. The summed E-state index contributed by atoms with van der Waals surface area (Å²) in [4.78, 5) is 23.2. The molecule has 116 valence electrons. The van der Waals surface area contributed by atoms with Crippen molar-refractivity contribution >= 4 is 11.9 Å². The number of rotatable bonds is 8. The lowest BCUT2D eigenvalue weighted by Crippen LogP contribution is -2.30. The van der Waals surface area contributed by atoms with Crippen molar-refractivity contribution < 1.29 is 9.90 Å². The van der Waals surface area contributed by atoms with Gasteiger partial charge in [-0.05, 0) is 18.8 Å². The third-order valence-electron chi connectivity index (χ3n) is 3.45. The van der Waals surface area contributed by atoms with Crippen LogP contribution in [0.3, 0.4) is 0 Å². The van der Waals surface area contributed by atoms with Gasteiger partial charge in [0.2, 0.25) is 5.95 Å². The first-order valence-corrected chi connectivity index (χ1v) is 7.43. The Bertz CT molecular complexity index is 471. The van der Waals surface area contributed by atoms with Crippen LogP contribution in [0.5, 0.6) is 0 Å². The van der Waals surface area contributed by atoms with Gasteiger partial charge in [0.25, 0.3) is 0 Å². The molecule has 6 heteroatoms. The fourth-order valence-corrected chi connectivity index (χ4v) is 2.39. The van der Waals surface area contributed by atoms with E-state index in [0.717, 1.165) is 18.7 Å². The summed E-state index contributed by atoms with van der Waals surface area (Å²) in [5, 5.41) is 8.77. The normalized spacial score (nSPS) is 14.7. The van der Waals surface area contributed by atoms with E-state index in [1.54, 1.807) is 19.4 Å². The molecule has 1 saturated carbocycles. The predicted octanol–water partition coefficient (Wildman–Crippen LogP) is 1.62. The van der Waals surface area contributed by atoms with E-state index in [-0.39, 0.29) is 6.54 Å². The Morgan fingerprint density at radius 3 is 2.48 bits per heavy atom. The Kier molecular flexibility index (Phi) is 5.12. The number of hydrogen-bond acceptors (Lipinski definition) is 5. The van der Waals surface area contributed by atoms with Crippen molar-refractivity contribution in [3.05, 3.63) is 18.0 Å². The maximum absolute atomic E-state index is 10.7. The average Bonchev–Trinajstić information content (AvgIpc) is 3.21. The number of carbonyl (C=O) groups is 1. The third kappa shape index (κ3) is 4.97. The SMILES string of the molecule is CC(C)CN(Cc1cnc(N(C)CC(=O)O)nc1)C1CC1. The number of likely N-dealkylation sites (N-methyl/N-ethyl adjacent to an activating group) is 1. The first-order chi connectivity index (χ1) is 9.95. The fourth-order valence-electron chi connectivity index (χ4n) is 2.39. The average molecular weight is 292 g/mol. The molecule has 1 heterocycles. The van der Waals surface area contributed by atoms with Crippen molar-refractivity contribution in [3.63, 3.8) is 0 Å². The highest BCUT2D eigenvalue weighted by atomic mass is 16.4. The minimum Gasteiger partial charge on any atom is -0.480 e. The van der Waals surface area contributed by atoms with E-state index in [9.17, 15) is 4.79 Å². The van der Waals surface area contributed by atoms with Crippen molar-refractivity contribution in [2.75, 3.05) is 25.0 Å². The summed E-state index contributed by atoms with van der Waals surface area (Å²) in [6.07, 6.45) is 6.17. The van der Waals surface area contributed by atoms with Crippen LogP contribution in [0, 0.1) is 5.92 Å². The van der Waals surface area contributed by atoms with E-state index >= 15 is 0 Å². The summed E-state index contributed by atoms with van der Waals surface area (Å²) < 4.78 is 0. The molecule has 0 bridgehead atoms. The van der Waals surface area contributed by atoms with Gasteiger partial charge in [0.1, 0.15) is 6.54 Å². The van der Waals surface area contributed by atoms with Gasteiger partial charge in [-0.25, -0.2) is 9.97 Å². The molecule has 21 heavy (non-hydrogen) atoms. The molecule has 6 nitrogen and oxygen atoms in total. The van der Waals surface area contributed by atoms with E-state index in [1.165, 1.54) is 17.7 Å². The first kappa shape index (κ1) is 15.7. The van der Waals surface area contributed by atoms with Crippen LogP contribution in [0.15, 0.2) is 12.4 Å². The van der Waals surface area contributed by atoms with Crippen LogP contribution < -0.4 is 4.90 Å². The number of anilines is 1. The molecule has 0 amide bonds. The second-order valence-corrected chi connectivity index (χ2v) is 6.20. The lowest BCUT2D eigenvalue weighted by Gasteiger charge is -2.24. The Balaban J connectivity index is 1.96. The molecule has 1 aliphatic carbocycles. The summed E-state index contributed by atoms with van der Waals surface area (Å²) in [6.45, 7) is 6.32. The molecule has 0 radical (unpaired) electrons. The van der Waals surface area contributed by atoms with Gasteiger partial charge < -0.3 is 10.0 Å². The lowest BCUT2D eigenvalue weighted by atomic mass is 10.2. The van der Waals surface area contributed by atoms with Crippen LogP contribution in [0.2, 0.25) is 0 Å². The van der Waals surface area contributed by atoms with Gasteiger partial charge in [-0.2, -0.15) is 0 Å². The zero-order valence-electron chi connectivity index (χ0n) is 13.0. The molecule has 2 rings (SSSR count). The molecule has 0 atom stereocenters. The predicted molar refractivity (Wildman–Crippen MR) is 81.2 cm³/mol. The van der Waals surface area contributed by atoms with Crippen molar-refractivity contribution in [1.82, 2.24) is 14.9 Å². The Labute approximate surface area is 125 Å². The zero-order valence-corrected chi connectivity index (χ0v) is 13.0. The number of aliphatic carboxylic acids is 1. The molecule has 0 saturated heterocycles. The van der Waals surface area contributed by atoms with E-state index in [2.05, 4.69) is 28.7 Å². The standard InChI is InChI=1S/C15H24N4O2/c1-11(2)8-19(13-4-5-13)9-12-6-16-15(17-7-12)18(3)10-14(20)21/h6-7,11,13H,4-5,8-10H2,1-3H3,(H,20,21). The number of hydrogen-bond donors (Lipinski definition) is 1. The summed E-state index contributed by atoms with van der Waals surface area (Å²) in [5.41, 5.74) is 1.08. The summed E-state index contributed by atoms with van der Waals surface area (Å²) in [6, 6.07) is 0.710. The summed E-state index contributed by atoms with van der Waals surface area (Å²) >= 11 is 0. The second kappa shape index (κ2) is 6.85. The highest BCUT2D eigenvalue weighted by Gasteiger charge is 2.29. The van der Waals surface area contributed by atoms with Crippen LogP contribution >= 0.6 is 0 Å². The van der Waals surface area contributed by atoms with Gasteiger partial charge in [0.05, 0.1) is 0 Å². The molecule has 0 unspecified atom stereocenters. The van der Waals surface area contributed by atoms with Gasteiger partial charge in [0, 0.05) is 44.1 Å². The summed E-state index contributed by atoms with van der Waals surface area (Å²) in [7, 11) is 1.68. The molecule has 1 aromatic rings. The van der Waals surface area contributed by atoms with Gasteiger partial charge in [0.15, 0.2) is 0 Å². The smallest absolute Gasteiger partial charge is 0.323 e. The van der Waals surface area contributed by atoms with E-state index in [1.807, 2.05) is 0 Å². The molecule has 0 spiro atoms. The van der Waals surface area contributed by atoms with Gasteiger partial charge in [-0.15, -0.1) is 0 Å². The topological polar surface area (TPSA) is 69.6 Å².